The van der Waals surface area contributed by atoms with Crippen LogP contribution in [0.2, 0.25) is 0 Å². The summed E-state index contributed by atoms with van der Waals surface area (Å²) in [5.74, 6) is 2.33. The van der Waals surface area contributed by atoms with E-state index in [-0.39, 0.29) is 0 Å². The van der Waals surface area contributed by atoms with Crippen molar-refractivity contribution in [3.63, 3.8) is 0 Å². The Hall–Kier alpha value is -4.32. The smallest absolute Gasteiger partial charge is 0.153 e. The molecule has 0 heterocycles. The van der Waals surface area contributed by atoms with Crippen molar-refractivity contribution in [2.45, 2.75) is 27.7 Å². The Morgan fingerprint density at radius 2 is 0.763 bits per heavy atom. The van der Waals surface area contributed by atoms with Crippen molar-refractivity contribution in [2.24, 2.45) is 0 Å². The number of ether oxygens (including phenoxy) is 4. The van der Waals surface area contributed by atoms with Crippen LogP contribution in [0.5, 0.6) is 23.0 Å². The second kappa shape index (κ2) is 14.4. The van der Waals surface area contributed by atoms with Crippen LogP contribution in [0.4, 0.5) is 0 Å². The summed E-state index contributed by atoms with van der Waals surface area (Å²) >= 11 is 0. The van der Waals surface area contributed by atoms with E-state index in [2.05, 4.69) is 0 Å². The molecule has 0 fully saturated rings. The average molecular weight is 515 g/mol. The number of aldehydes is 2. The zero-order valence-corrected chi connectivity index (χ0v) is 22.4. The molecule has 0 unspecified atom stereocenters. The highest BCUT2D eigenvalue weighted by Gasteiger charge is 2.11. The molecule has 3 rings (SSSR count). The lowest BCUT2D eigenvalue weighted by molar-refractivity contribution is 0.111. The molecule has 0 aliphatic heterocycles. The zero-order chi connectivity index (χ0) is 27.3. The van der Waals surface area contributed by atoms with Gasteiger partial charge in [0.15, 0.2) is 12.6 Å². The van der Waals surface area contributed by atoms with Crippen molar-refractivity contribution in [1.29, 1.82) is 0 Å². The summed E-state index contributed by atoms with van der Waals surface area (Å²) in [4.78, 5) is 22.9. The van der Waals surface area contributed by atoms with E-state index in [1.165, 1.54) is 0 Å². The molecule has 0 aliphatic rings. The van der Waals surface area contributed by atoms with Crippen LogP contribution in [0.1, 0.15) is 70.7 Å². The number of carbonyl (C=O) groups excluding carboxylic acids is 2. The van der Waals surface area contributed by atoms with Gasteiger partial charge in [-0.1, -0.05) is 48.6 Å². The van der Waals surface area contributed by atoms with E-state index >= 15 is 0 Å². The second-order valence-corrected chi connectivity index (χ2v) is 8.16. The third kappa shape index (κ3) is 7.35. The summed E-state index contributed by atoms with van der Waals surface area (Å²) in [6.45, 7) is 9.48. The Bertz CT molecular complexity index is 1190. The molecule has 198 valence electrons. The van der Waals surface area contributed by atoms with Gasteiger partial charge in [-0.3, -0.25) is 9.59 Å². The van der Waals surface area contributed by atoms with Gasteiger partial charge in [-0.2, -0.15) is 0 Å². The van der Waals surface area contributed by atoms with E-state index in [1.807, 2.05) is 88.4 Å². The van der Waals surface area contributed by atoms with Gasteiger partial charge < -0.3 is 18.9 Å². The van der Waals surface area contributed by atoms with Crippen LogP contribution in [0.25, 0.3) is 24.3 Å². The van der Waals surface area contributed by atoms with Crippen LogP contribution >= 0.6 is 0 Å². The molecule has 0 spiro atoms. The van der Waals surface area contributed by atoms with E-state index < -0.39 is 0 Å². The third-order valence-electron chi connectivity index (χ3n) is 5.58. The average Bonchev–Trinajstić information content (AvgIpc) is 2.93. The third-order valence-corrected chi connectivity index (χ3v) is 5.58. The summed E-state index contributed by atoms with van der Waals surface area (Å²) in [5.41, 5.74) is 4.60. The Labute approximate surface area is 224 Å². The standard InChI is InChI=1S/C32H34O6/c1-5-35-29-19-27(21-33)31(37-7-3)17-25(29)15-13-23-9-11-24(12-10-23)14-16-26-18-32(38-8-4)28(22-34)20-30(26)36-6-2/h9-22H,5-8H2,1-4H3/b15-13+,16-14+. The largest absolute Gasteiger partial charge is 0.493 e. The SMILES string of the molecule is CCOc1cc(/C=C/c2ccc(/C=C/c3cc(OCC)c(C=O)cc3OCC)cc2)c(OCC)cc1C=O. The second-order valence-electron chi connectivity index (χ2n) is 8.16. The number of rotatable bonds is 14. The molecular formula is C32H34O6. The Kier molecular flexibility index (Phi) is 10.7. The van der Waals surface area contributed by atoms with Crippen LogP contribution < -0.4 is 18.9 Å². The summed E-state index contributed by atoms with van der Waals surface area (Å²) in [6, 6.07) is 15.2. The summed E-state index contributed by atoms with van der Waals surface area (Å²) in [7, 11) is 0. The molecule has 6 nitrogen and oxygen atoms in total. The van der Waals surface area contributed by atoms with Crippen LogP contribution in [-0.4, -0.2) is 39.0 Å². The van der Waals surface area contributed by atoms with Crippen molar-refractivity contribution in [3.8, 4) is 23.0 Å². The number of hydrogen-bond acceptors (Lipinski definition) is 6. The van der Waals surface area contributed by atoms with Gasteiger partial charge in [0, 0.05) is 11.1 Å². The molecule has 0 aromatic heterocycles. The number of hydrogen-bond donors (Lipinski definition) is 0. The van der Waals surface area contributed by atoms with Crippen molar-refractivity contribution in [3.05, 3.63) is 81.9 Å². The molecule has 0 bridgehead atoms. The van der Waals surface area contributed by atoms with Crippen LogP contribution in [0, 0.1) is 0 Å². The maximum atomic E-state index is 11.5. The summed E-state index contributed by atoms with van der Waals surface area (Å²) in [5, 5.41) is 0. The van der Waals surface area contributed by atoms with Gasteiger partial charge in [-0.05, 0) is 63.1 Å². The topological polar surface area (TPSA) is 71.1 Å². The zero-order valence-electron chi connectivity index (χ0n) is 22.4. The first-order valence-corrected chi connectivity index (χ1v) is 12.8. The molecule has 6 heteroatoms. The van der Waals surface area contributed by atoms with E-state index in [4.69, 9.17) is 18.9 Å². The van der Waals surface area contributed by atoms with Crippen molar-refractivity contribution in [1.82, 2.24) is 0 Å². The van der Waals surface area contributed by atoms with Gasteiger partial charge in [-0.25, -0.2) is 0 Å². The van der Waals surface area contributed by atoms with Gasteiger partial charge in [0.05, 0.1) is 37.6 Å². The van der Waals surface area contributed by atoms with E-state index in [1.54, 1.807) is 12.1 Å². The van der Waals surface area contributed by atoms with Gasteiger partial charge in [-0.15, -0.1) is 0 Å². The molecule has 38 heavy (non-hydrogen) atoms. The predicted octanol–water partition coefficient (Wildman–Crippen LogP) is 7.25. The van der Waals surface area contributed by atoms with E-state index in [0.717, 1.165) is 34.8 Å². The number of carbonyl (C=O) groups is 2. The fraction of sp³-hybridized carbons (Fsp3) is 0.250. The molecule has 3 aromatic carbocycles. The molecule has 0 radical (unpaired) electrons. The van der Waals surface area contributed by atoms with Gasteiger partial charge in [0.1, 0.15) is 23.0 Å². The number of benzene rings is 3. The first-order valence-electron chi connectivity index (χ1n) is 12.8. The van der Waals surface area contributed by atoms with Crippen LogP contribution in [0.15, 0.2) is 48.5 Å². The minimum atomic E-state index is 0.463. The molecule has 3 aromatic rings. The molecule has 0 saturated heterocycles. The van der Waals surface area contributed by atoms with Gasteiger partial charge in [0.25, 0.3) is 0 Å². The molecular weight excluding hydrogens is 480 g/mol. The Morgan fingerprint density at radius 1 is 0.474 bits per heavy atom. The fourth-order valence-corrected chi connectivity index (χ4v) is 3.84. The van der Waals surface area contributed by atoms with Crippen molar-refractivity contribution >= 4 is 36.9 Å². The van der Waals surface area contributed by atoms with Crippen molar-refractivity contribution < 1.29 is 28.5 Å². The highest BCUT2D eigenvalue weighted by atomic mass is 16.5. The lowest BCUT2D eigenvalue weighted by Crippen LogP contribution is -2.00. The summed E-state index contributed by atoms with van der Waals surface area (Å²) in [6.07, 6.45) is 9.43. The first kappa shape index (κ1) is 28.3. The minimum Gasteiger partial charge on any atom is -0.493 e. The molecule has 0 amide bonds. The summed E-state index contributed by atoms with van der Waals surface area (Å²) < 4.78 is 22.7. The predicted molar refractivity (Wildman–Crippen MR) is 153 cm³/mol. The molecule has 0 N–H and O–H groups in total. The van der Waals surface area contributed by atoms with Gasteiger partial charge in [0.2, 0.25) is 0 Å². The molecule has 0 aliphatic carbocycles. The maximum Gasteiger partial charge on any atom is 0.153 e. The monoisotopic (exact) mass is 514 g/mol. The Morgan fingerprint density at radius 3 is 1.05 bits per heavy atom. The van der Waals surface area contributed by atoms with Crippen LogP contribution in [0.3, 0.4) is 0 Å². The maximum absolute atomic E-state index is 11.5. The van der Waals surface area contributed by atoms with E-state index in [0.29, 0.717) is 60.6 Å². The first-order chi connectivity index (χ1) is 18.6. The highest BCUT2D eigenvalue weighted by molar-refractivity contribution is 5.85. The van der Waals surface area contributed by atoms with E-state index in [9.17, 15) is 9.59 Å². The molecule has 0 saturated carbocycles. The normalized spacial score (nSPS) is 11.1. The van der Waals surface area contributed by atoms with Crippen molar-refractivity contribution in [2.75, 3.05) is 26.4 Å². The Balaban J connectivity index is 1.84. The highest BCUT2D eigenvalue weighted by Crippen LogP contribution is 2.31. The van der Waals surface area contributed by atoms with Gasteiger partial charge >= 0.3 is 0 Å². The molecule has 0 atom stereocenters. The minimum absolute atomic E-state index is 0.463. The lowest BCUT2D eigenvalue weighted by Gasteiger charge is -2.12. The van der Waals surface area contributed by atoms with Crippen LogP contribution in [-0.2, 0) is 0 Å². The fourth-order valence-electron chi connectivity index (χ4n) is 3.84. The quantitative estimate of drug-likeness (QED) is 0.167. The lowest BCUT2D eigenvalue weighted by atomic mass is 10.1.